The van der Waals surface area contributed by atoms with E-state index in [0.29, 0.717) is 34.2 Å². The maximum absolute atomic E-state index is 13.6. The zero-order chi connectivity index (χ0) is 27.4. The fourth-order valence-corrected chi connectivity index (χ4v) is 6.31. The molecule has 1 N–H and O–H groups in total. The highest BCUT2D eigenvalue weighted by Crippen LogP contribution is 2.46. The van der Waals surface area contributed by atoms with Crippen LogP contribution in [0.5, 0.6) is 17.2 Å². The number of thiazole rings is 1. The molecule has 0 unspecified atom stereocenters. The highest BCUT2D eigenvalue weighted by molar-refractivity contribution is 7.22. The Morgan fingerprint density at radius 2 is 1.85 bits per heavy atom. The lowest BCUT2D eigenvalue weighted by Gasteiger charge is -2.23. The number of aliphatic hydroxyl groups is 1. The lowest BCUT2D eigenvalue weighted by atomic mass is 9.94. The van der Waals surface area contributed by atoms with Gasteiger partial charge in [0.15, 0.2) is 16.6 Å². The molecule has 0 aliphatic carbocycles. The summed E-state index contributed by atoms with van der Waals surface area (Å²) in [6, 6.07) is 15.4. The van der Waals surface area contributed by atoms with E-state index in [1.807, 2.05) is 38.1 Å². The van der Waals surface area contributed by atoms with Gasteiger partial charge in [-0.15, -0.1) is 0 Å². The van der Waals surface area contributed by atoms with Crippen LogP contribution in [-0.2, 0) is 16.0 Å². The van der Waals surface area contributed by atoms with Crippen LogP contribution in [0.4, 0.5) is 5.13 Å². The van der Waals surface area contributed by atoms with Crippen molar-refractivity contribution in [1.29, 1.82) is 0 Å². The summed E-state index contributed by atoms with van der Waals surface area (Å²) < 4.78 is 17.6. The Morgan fingerprint density at radius 1 is 1.05 bits per heavy atom. The fourth-order valence-electron chi connectivity index (χ4n) is 5.22. The predicted octanol–water partition coefficient (Wildman–Crippen LogP) is 5.57. The second-order valence-electron chi connectivity index (χ2n) is 9.71. The molecule has 198 valence electrons. The van der Waals surface area contributed by atoms with Crippen LogP contribution >= 0.6 is 11.3 Å². The lowest BCUT2D eigenvalue weighted by Crippen LogP contribution is -2.29. The number of ether oxygens (including phenoxy) is 3. The second-order valence-corrected chi connectivity index (χ2v) is 10.7. The third-order valence-electron chi connectivity index (χ3n) is 7.08. The van der Waals surface area contributed by atoms with Crippen LogP contribution in [0.25, 0.3) is 16.0 Å². The van der Waals surface area contributed by atoms with Crippen molar-refractivity contribution in [2.24, 2.45) is 0 Å². The van der Waals surface area contributed by atoms with Gasteiger partial charge in [0.2, 0.25) is 0 Å². The summed E-state index contributed by atoms with van der Waals surface area (Å²) in [6.07, 6.45) is 0.715. The Balaban J connectivity index is 1.55. The van der Waals surface area contributed by atoms with Crippen molar-refractivity contribution in [3.63, 3.8) is 0 Å². The van der Waals surface area contributed by atoms with E-state index in [1.54, 1.807) is 30.3 Å². The van der Waals surface area contributed by atoms with E-state index in [-0.39, 0.29) is 17.4 Å². The zero-order valence-corrected chi connectivity index (χ0v) is 22.7. The normalized spacial score (nSPS) is 19.8. The van der Waals surface area contributed by atoms with Crippen LogP contribution in [0.1, 0.15) is 35.2 Å². The van der Waals surface area contributed by atoms with Crippen LogP contribution in [0, 0.1) is 6.92 Å². The third kappa shape index (κ3) is 4.10. The summed E-state index contributed by atoms with van der Waals surface area (Å²) in [6.45, 7) is 3.96. The minimum atomic E-state index is -0.935. The molecule has 3 aromatic carbocycles. The average Bonchev–Trinajstić information content (AvgIpc) is 3.59. The molecular weight excluding hydrogens is 516 g/mol. The average molecular weight is 543 g/mol. The molecule has 9 heteroatoms. The number of carbonyl (C=O) groups is 2. The maximum atomic E-state index is 13.6. The number of Topliss-reactive ketones (excluding diaryl/α,β-unsaturated/α-hetero) is 1. The Kier molecular flexibility index (Phi) is 6.03. The standard InChI is InChI=1S/C30H26N2O6S/c1-15-5-8-20-24(11-15)39-30(31-20)32-26(17-6-10-22(36-3)23(14-17)37-4)25(28(34)29(32)35)27(33)18-7-9-21-19(13-18)12-16(2)38-21/h5-11,13-14,16,26,33H,12H2,1-4H3/b27-25+/t16-,26-/m1/s1. The SMILES string of the molecule is COc1ccc([C@@H]2/C(=C(\O)c3ccc4c(c3)C[C@@H](C)O4)C(=O)C(=O)N2c2nc3ccc(C)cc3s2)cc1OC. The molecule has 4 aromatic rings. The molecule has 0 radical (unpaired) electrons. The Morgan fingerprint density at radius 3 is 2.62 bits per heavy atom. The van der Waals surface area contributed by atoms with Crippen molar-refractivity contribution >= 4 is 44.1 Å². The van der Waals surface area contributed by atoms with E-state index in [1.165, 1.54) is 30.5 Å². The van der Waals surface area contributed by atoms with Crippen LogP contribution in [0.15, 0.2) is 60.2 Å². The smallest absolute Gasteiger partial charge is 0.301 e. The monoisotopic (exact) mass is 542 g/mol. The quantitative estimate of drug-likeness (QED) is 0.200. The van der Waals surface area contributed by atoms with Gasteiger partial charge >= 0.3 is 5.91 Å². The number of benzene rings is 3. The van der Waals surface area contributed by atoms with Gasteiger partial charge in [-0.1, -0.05) is 23.5 Å². The molecule has 0 saturated carbocycles. The molecule has 0 spiro atoms. The first-order valence-corrected chi connectivity index (χ1v) is 13.3. The zero-order valence-electron chi connectivity index (χ0n) is 21.8. The number of aromatic nitrogens is 1. The number of aryl methyl sites for hydroxylation is 1. The van der Waals surface area contributed by atoms with Crippen molar-refractivity contribution < 1.29 is 28.9 Å². The molecule has 39 heavy (non-hydrogen) atoms. The molecular formula is C30H26N2O6S. The van der Waals surface area contributed by atoms with Gasteiger partial charge < -0.3 is 19.3 Å². The number of hydrogen-bond acceptors (Lipinski definition) is 8. The Labute approximate surface area is 229 Å². The van der Waals surface area contributed by atoms with Crippen molar-refractivity contribution in [2.75, 3.05) is 19.1 Å². The molecule has 1 aromatic heterocycles. The van der Waals surface area contributed by atoms with Gasteiger partial charge in [-0.25, -0.2) is 4.98 Å². The first-order valence-electron chi connectivity index (χ1n) is 12.5. The number of ketones is 1. The van der Waals surface area contributed by atoms with Gasteiger partial charge in [-0.2, -0.15) is 0 Å². The van der Waals surface area contributed by atoms with Gasteiger partial charge in [-0.3, -0.25) is 14.5 Å². The lowest BCUT2D eigenvalue weighted by molar-refractivity contribution is -0.132. The highest BCUT2D eigenvalue weighted by Gasteiger charge is 2.48. The van der Waals surface area contributed by atoms with E-state index in [4.69, 9.17) is 14.2 Å². The summed E-state index contributed by atoms with van der Waals surface area (Å²) >= 11 is 1.32. The topological polar surface area (TPSA) is 98.2 Å². The van der Waals surface area contributed by atoms with Gasteiger partial charge in [0, 0.05) is 12.0 Å². The van der Waals surface area contributed by atoms with E-state index >= 15 is 0 Å². The number of aliphatic hydroxyl groups excluding tert-OH is 1. The third-order valence-corrected chi connectivity index (χ3v) is 8.09. The summed E-state index contributed by atoms with van der Waals surface area (Å²) in [7, 11) is 3.05. The minimum absolute atomic E-state index is 0.0189. The van der Waals surface area contributed by atoms with Crippen LogP contribution in [0.2, 0.25) is 0 Å². The molecule has 1 fully saturated rings. The van der Waals surface area contributed by atoms with E-state index < -0.39 is 17.7 Å². The van der Waals surface area contributed by atoms with Crippen LogP contribution < -0.4 is 19.1 Å². The van der Waals surface area contributed by atoms with E-state index in [2.05, 4.69) is 4.98 Å². The summed E-state index contributed by atoms with van der Waals surface area (Å²) in [4.78, 5) is 33.3. The van der Waals surface area contributed by atoms with Gasteiger partial charge in [-0.05, 0) is 73.0 Å². The minimum Gasteiger partial charge on any atom is -0.507 e. The molecule has 2 atom stereocenters. The summed E-state index contributed by atoms with van der Waals surface area (Å²) in [5.74, 6) is -0.112. The van der Waals surface area contributed by atoms with Crippen molar-refractivity contribution in [1.82, 2.24) is 4.98 Å². The molecule has 2 aliphatic heterocycles. The molecule has 0 bridgehead atoms. The van der Waals surface area contributed by atoms with Crippen LogP contribution in [-0.4, -0.2) is 42.1 Å². The van der Waals surface area contributed by atoms with Gasteiger partial charge in [0.25, 0.3) is 5.78 Å². The number of methoxy groups -OCH3 is 2. The van der Waals surface area contributed by atoms with E-state index in [0.717, 1.165) is 27.1 Å². The molecule has 1 amide bonds. The summed E-state index contributed by atoms with van der Waals surface area (Å²) in [5.41, 5.74) is 3.71. The number of nitrogens with zero attached hydrogens (tertiary/aromatic N) is 2. The molecule has 3 heterocycles. The number of carbonyl (C=O) groups excluding carboxylic acids is 2. The van der Waals surface area contributed by atoms with Gasteiger partial charge in [0.05, 0.1) is 36.1 Å². The largest absolute Gasteiger partial charge is 0.507 e. The number of rotatable bonds is 5. The van der Waals surface area contributed by atoms with Crippen molar-refractivity contribution in [3.05, 3.63) is 82.4 Å². The van der Waals surface area contributed by atoms with Crippen LogP contribution in [0.3, 0.4) is 0 Å². The van der Waals surface area contributed by atoms with E-state index in [9.17, 15) is 14.7 Å². The first kappa shape index (κ1) is 24.9. The fraction of sp³-hybridized carbons (Fsp3) is 0.233. The number of anilines is 1. The summed E-state index contributed by atoms with van der Waals surface area (Å²) in [5, 5.41) is 11.9. The van der Waals surface area contributed by atoms with Crippen molar-refractivity contribution in [2.45, 2.75) is 32.4 Å². The predicted molar refractivity (Wildman–Crippen MR) is 149 cm³/mol. The number of hydrogen-bond donors (Lipinski definition) is 1. The number of amides is 1. The Hall–Kier alpha value is -4.37. The Bertz CT molecular complexity index is 1690. The molecule has 6 rings (SSSR count). The maximum Gasteiger partial charge on any atom is 0.301 e. The number of fused-ring (bicyclic) bond motifs is 2. The van der Waals surface area contributed by atoms with Crippen molar-refractivity contribution in [3.8, 4) is 17.2 Å². The molecule has 2 aliphatic rings. The molecule has 8 nitrogen and oxygen atoms in total. The second kappa shape index (κ2) is 9.43. The molecule has 1 saturated heterocycles. The van der Waals surface area contributed by atoms with Gasteiger partial charge in [0.1, 0.15) is 17.6 Å². The highest BCUT2D eigenvalue weighted by atomic mass is 32.1. The first-order chi connectivity index (χ1) is 18.8.